The fourth-order valence-electron chi connectivity index (χ4n) is 3.54. The normalized spacial score (nSPS) is 17.0. The molecule has 0 fully saturated rings. The van der Waals surface area contributed by atoms with Crippen LogP contribution in [0.2, 0.25) is 0 Å². The van der Waals surface area contributed by atoms with E-state index in [-0.39, 0.29) is 0 Å². The Kier molecular flexibility index (Phi) is 8.80. The van der Waals surface area contributed by atoms with E-state index in [1.807, 2.05) is 0 Å². The average molecular weight is 329 g/mol. The molecule has 0 radical (unpaired) electrons. The van der Waals surface area contributed by atoms with E-state index < -0.39 is 0 Å². The molecule has 2 rings (SSSR count). The lowest BCUT2D eigenvalue weighted by Gasteiger charge is -2.33. The van der Waals surface area contributed by atoms with E-state index in [0.29, 0.717) is 6.17 Å². The van der Waals surface area contributed by atoms with E-state index in [0.717, 1.165) is 6.54 Å². The number of hydrogen-bond donors (Lipinski definition) is 0. The van der Waals surface area contributed by atoms with Crippen LogP contribution in [0.3, 0.4) is 0 Å². The number of unbranched alkanes of at least 4 members (excludes halogenated alkanes) is 6. The van der Waals surface area contributed by atoms with Gasteiger partial charge in [-0.3, -0.25) is 0 Å². The zero-order valence-electron chi connectivity index (χ0n) is 15.8. The van der Waals surface area contributed by atoms with Crippen molar-refractivity contribution in [3.8, 4) is 0 Å². The minimum Gasteiger partial charge on any atom is -0.356 e. The molecule has 0 aromatic heterocycles. The highest BCUT2D eigenvalue weighted by Crippen LogP contribution is 2.24. The quantitative estimate of drug-likeness (QED) is 0.424. The third-order valence-corrected chi connectivity index (χ3v) is 5.01. The summed E-state index contributed by atoms with van der Waals surface area (Å²) in [6, 6.07) is 10.9. The summed E-state index contributed by atoms with van der Waals surface area (Å²) in [4.78, 5) is 5.13. The van der Waals surface area contributed by atoms with Gasteiger partial charge in [0.1, 0.15) is 6.17 Å². The maximum atomic E-state index is 2.59. The van der Waals surface area contributed by atoms with E-state index in [1.54, 1.807) is 0 Å². The van der Waals surface area contributed by atoms with Gasteiger partial charge in [-0.15, -0.1) is 0 Å². The molecule has 1 aliphatic rings. The van der Waals surface area contributed by atoms with Crippen LogP contribution in [0, 0.1) is 0 Å². The smallest absolute Gasteiger partial charge is 0.101 e. The third-order valence-electron chi connectivity index (χ3n) is 5.01. The lowest BCUT2D eigenvalue weighted by Crippen LogP contribution is -2.38. The molecule has 0 saturated carbocycles. The molecule has 24 heavy (non-hydrogen) atoms. The zero-order valence-corrected chi connectivity index (χ0v) is 15.8. The van der Waals surface area contributed by atoms with Gasteiger partial charge >= 0.3 is 0 Å². The molecule has 1 aromatic carbocycles. The Labute approximate surface area is 149 Å². The molecule has 1 atom stereocenters. The predicted molar refractivity (Wildman–Crippen MR) is 105 cm³/mol. The van der Waals surface area contributed by atoms with E-state index in [1.165, 1.54) is 69.9 Å². The van der Waals surface area contributed by atoms with Gasteiger partial charge in [-0.1, -0.05) is 82.7 Å². The summed E-state index contributed by atoms with van der Waals surface area (Å²) in [7, 11) is 0. The molecular weight excluding hydrogens is 292 g/mol. The third kappa shape index (κ3) is 6.22. The highest BCUT2D eigenvalue weighted by molar-refractivity contribution is 5.15. The minimum absolute atomic E-state index is 0.559. The maximum absolute atomic E-state index is 2.59. The van der Waals surface area contributed by atoms with Crippen LogP contribution in [0.15, 0.2) is 42.7 Å². The summed E-state index contributed by atoms with van der Waals surface area (Å²) >= 11 is 0. The Morgan fingerprint density at radius 2 is 1.42 bits per heavy atom. The maximum Gasteiger partial charge on any atom is 0.101 e. The van der Waals surface area contributed by atoms with Crippen LogP contribution in [0.5, 0.6) is 0 Å². The van der Waals surface area contributed by atoms with Gasteiger partial charge in [0.2, 0.25) is 0 Å². The molecule has 0 bridgehead atoms. The first-order chi connectivity index (χ1) is 11.8. The molecule has 1 aliphatic heterocycles. The van der Waals surface area contributed by atoms with Crippen LogP contribution in [-0.4, -0.2) is 22.5 Å². The Balaban J connectivity index is 1.88. The molecule has 0 N–H and O–H groups in total. The summed E-state index contributed by atoms with van der Waals surface area (Å²) in [6.07, 6.45) is 17.3. The van der Waals surface area contributed by atoms with Gasteiger partial charge in [0.05, 0.1) is 0 Å². The zero-order chi connectivity index (χ0) is 17.0. The first kappa shape index (κ1) is 18.9. The van der Waals surface area contributed by atoms with Crippen molar-refractivity contribution in [2.24, 2.45) is 0 Å². The van der Waals surface area contributed by atoms with Crippen LogP contribution in [0.4, 0.5) is 0 Å². The van der Waals surface area contributed by atoms with Gasteiger partial charge < -0.3 is 9.80 Å². The largest absolute Gasteiger partial charge is 0.356 e. The molecule has 0 aliphatic carbocycles. The van der Waals surface area contributed by atoms with E-state index in [2.05, 4.69) is 66.4 Å². The van der Waals surface area contributed by atoms with Gasteiger partial charge in [0.25, 0.3) is 0 Å². The van der Waals surface area contributed by atoms with Gasteiger partial charge in [-0.25, -0.2) is 0 Å². The highest BCUT2D eigenvalue weighted by atomic mass is 15.4. The molecular formula is C22H36N2. The molecule has 0 saturated heterocycles. The lowest BCUT2D eigenvalue weighted by atomic mass is 10.1. The molecule has 134 valence electrons. The van der Waals surface area contributed by atoms with E-state index in [4.69, 9.17) is 0 Å². The average Bonchev–Trinajstić information content (AvgIpc) is 2.98. The van der Waals surface area contributed by atoms with Crippen LogP contribution >= 0.6 is 0 Å². The second-order valence-corrected chi connectivity index (χ2v) is 7.08. The van der Waals surface area contributed by atoms with Crippen LogP contribution in [0.1, 0.15) is 77.2 Å². The summed E-state index contributed by atoms with van der Waals surface area (Å²) < 4.78 is 0. The van der Waals surface area contributed by atoms with Gasteiger partial charge in [0, 0.05) is 25.5 Å². The SMILES string of the molecule is CCCCCCC1N(CCCCCC)C=CN1Cc1ccccc1. The van der Waals surface area contributed by atoms with Crippen LogP contribution in [0.25, 0.3) is 0 Å². The summed E-state index contributed by atoms with van der Waals surface area (Å²) in [5.41, 5.74) is 1.41. The number of rotatable bonds is 12. The van der Waals surface area contributed by atoms with E-state index in [9.17, 15) is 0 Å². The number of hydrogen-bond acceptors (Lipinski definition) is 2. The molecule has 0 spiro atoms. The highest BCUT2D eigenvalue weighted by Gasteiger charge is 2.25. The monoisotopic (exact) mass is 328 g/mol. The lowest BCUT2D eigenvalue weighted by molar-refractivity contribution is 0.132. The van der Waals surface area contributed by atoms with Crippen LogP contribution in [-0.2, 0) is 6.54 Å². The number of benzene rings is 1. The van der Waals surface area contributed by atoms with E-state index >= 15 is 0 Å². The van der Waals surface area contributed by atoms with Gasteiger partial charge in [0.15, 0.2) is 0 Å². The topological polar surface area (TPSA) is 6.48 Å². The van der Waals surface area contributed by atoms with Crippen molar-refractivity contribution in [2.75, 3.05) is 6.54 Å². The Hall–Kier alpha value is -1.44. The van der Waals surface area contributed by atoms with Crippen molar-refractivity contribution < 1.29 is 0 Å². The van der Waals surface area contributed by atoms with Crippen molar-refractivity contribution in [1.29, 1.82) is 0 Å². The van der Waals surface area contributed by atoms with Crippen molar-refractivity contribution in [3.63, 3.8) is 0 Å². The molecule has 1 unspecified atom stereocenters. The summed E-state index contributed by atoms with van der Waals surface area (Å²) in [5.74, 6) is 0. The fraction of sp³-hybridized carbons (Fsp3) is 0.636. The Bertz CT molecular complexity index is 454. The summed E-state index contributed by atoms with van der Waals surface area (Å²) in [5, 5.41) is 0. The molecule has 1 heterocycles. The first-order valence-electron chi connectivity index (χ1n) is 10.1. The predicted octanol–water partition coefficient (Wildman–Crippen LogP) is 6.15. The van der Waals surface area contributed by atoms with Gasteiger partial charge in [-0.2, -0.15) is 0 Å². The Morgan fingerprint density at radius 3 is 2.12 bits per heavy atom. The van der Waals surface area contributed by atoms with Crippen molar-refractivity contribution in [1.82, 2.24) is 9.80 Å². The van der Waals surface area contributed by atoms with Crippen molar-refractivity contribution in [3.05, 3.63) is 48.3 Å². The first-order valence-corrected chi connectivity index (χ1v) is 10.1. The van der Waals surface area contributed by atoms with Crippen molar-refractivity contribution >= 4 is 0 Å². The fourth-order valence-corrected chi connectivity index (χ4v) is 3.54. The summed E-state index contributed by atoms with van der Waals surface area (Å²) in [6.45, 7) is 6.81. The van der Waals surface area contributed by atoms with Crippen molar-refractivity contribution in [2.45, 2.75) is 84.3 Å². The Morgan fingerprint density at radius 1 is 0.750 bits per heavy atom. The van der Waals surface area contributed by atoms with Gasteiger partial charge in [-0.05, 0) is 24.8 Å². The second-order valence-electron chi connectivity index (χ2n) is 7.08. The molecule has 1 aromatic rings. The number of nitrogens with zero attached hydrogens (tertiary/aromatic N) is 2. The second kappa shape index (κ2) is 11.2. The molecule has 0 amide bonds. The van der Waals surface area contributed by atoms with Crippen LogP contribution < -0.4 is 0 Å². The molecule has 2 nitrogen and oxygen atoms in total. The molecule has 2 heteroatoms. The standard InChI is InChI=1S/C22H36N2/c1-3-5-7-12-16-22-23(17-13-8-6-4-2)18-19-24(22)20-21-14-10-9-11-15-21/h9-11,14-15,18-19,22H,3-8,12-13,16-17,20H2,1-2H3. The minimum atomic E-state index is 0.559.